The molecule has 2 fully saturated rings. The Morgan fingerprint density at radius 3 is 2.46 bits per heavy atom. The van der Waals surface area contributed by atoms with Crippen LogP contribution in [0.1, 0.15) is 65.2 Å². The molecule has 0 radical (unpaired) electrons. The van der Waals surface area contributed by atoms with Gasteiger partial charge in [0.25, 0.3) is 0 Å². The van der Waals surface area contributed by atoms with Gasteiger partial charge >= 0.3 is 0 Å². The van der Waals surface area contributed by atoms with Crippen LogP contribution in [0.2, 0.25) is 0 Å². The Balaban J connectivity index is 1.85. The van der Waals surface area contributed by atoms with Crippen molar-refractivity contribution in [3.05, 3.63) is 0 Å². The van der Waals surface area contributed by atoms with Crippen molar-refractivity contribution < 1.29 is 9.47 Å². The Bertz CT molecular complexity index is 373. The normalized spacial score (nSPS) is 22.6. The van der Waals surface area contributed by atoms with Crippen LogP contribution in [0.3, 0.4) is 0 Å². The number of piperidine rings is 1. The maximum atomic E-state index is 6.29. The Labute approximate surface area is 148 Å². The molecular formula is C19H37N3O2. The van der Waals surface area contributed by atoms with Crippen LogP contribution in [0.5, 0.6) is 0 Å². The van der Waals surface area contributed by atoms with Crippen LogP contribution >= 0.6 is 0 Å². The van der Waals surface area contributed by atoms with Gasteiger partial charge in [0.1, 0.15) is 0 Å². The number of nitrogens with one attached hydrogen (secondary N) is 1. The summed E-state index contributed by atoms with van der Waals surface area (Å²) in [6, 6.07) is 0. The fraction of sp³-hybridized carbons (Fsp3) is 0.947. The third-order valence-electron chi connectivity index (χ3n) is 5.30. The Morgan fingerprint density at radius 1 is 1.17 bits per heavy atom. The van der Waals surface area contributed by atoms with Gasteiger partial charge in [-0.3, -0.25) is 4.99 Å². The van der Waals surface area contributed by atoms with Crippen LogP contribution in [-0.4, -0.2) is 62.5 Å². The summed E-state index contributed by atoms with van der Waals surface area (Å²) >= 11 is 0. The Kier molecular flexibility index (Phi) is 8.33. The van der Waals surface area contributed by atoms with Crippen LogP contribution in [0, 0.1) is 0 Å². The molecule has 0 amide bonds. The quantitative estimate of drug-likeness (QED) is 0.571. The first kappa shape index (κ1) is 19.5. The molecule has 24 heavy (non-hydrogen) atoms. The summed E-state index contributed by atoms with van der Waals surface area (Å²) < 4.78 is 12.0. The molecule has 0 atom stereocenters. The van der Waals surface area contributed by atoms with Crippen molar-refractivity contribution in [2.75, 3.05) is 39.9 Å². The maximum absolute atomic E-state index is 6.29. The number of likely N-dealkylation sites (tertiary alicyclic amines) is 1. The van der Waals surface area contributed by atoms with Crippen LogP contribution in [0.15, 0.2) is 4.99 Å². The lowest BCUT2D eigenvalue weighted by Gasteiger charge is -2.39. The fourth-order valence-electron chi connectivity index (χ4n) is 3.93. The van der Waals surface area contributed by atoms with E-state index in [0.29, 0.717) is 6.10 Å². The molecule has 2 rings (SSSR count). The summed E-state index contributed by atoms with van der Waals surface area (Å²) in [5.41, 5.74) is 0.00778. The first-order valence-electron chi connectivity index (χ1n) is 9.94. The van der Waals surface area contributed by atoms with Crippen molar-refractivity contribution in [1.82, 2.24) is 10.2 Å². The number of hydrogen-bond acceptors (Lipinski definition) is 3. The molecule has 5 heteroatoms. The molecule has 0 bridgehead atoms. The van der Waals surface area contributed by atoms with Crippen LogP contribution in [-0.2, 0) is 9.47 Å². The Morgan fingerprint density at radius 2 is 1.88 bits per heavy atom. The molecule has 0 aromatic rings. The first-order chi connectivity index (χ1) is 11.7. The van der Waals surface area contributed by atoms with Crippen LogP contribution < -0.4 is 5.32 Å². The molecule has 5 nitrogen and oxygen atoms in total. The van der Waals surface area contributed by atoms with E-state index in [4.69, 9.17) is 9.47 Å². The summed E-state index contributed by atoms with van der Waals surface area (Å²) in [7, 11) is 1.89. The Hall–Kier alpha value is -0.810. The zero-order chi connectivity index (χ0) is 17.3. The van der Waals surface area contributed by atoms with Gasteiger partial charge in [0.2, 0.25) is 0 Å². The van der Waals surface area contributed by atoms with Gasteiger partial charge in [-0.2, -0.15) is 0 Å². The van der Waals surface area contributed by atoms with Crippen molar-refractivity contribution >= 4 is 5.96 Å². The number of rotatable bonds is 7. The molecule has 1 saturated carbocycles. The van der Waals surface area contributed by atoms with E-state index in [-0.39, 0.29) is 5.60 Å². The topological polar surface area (TPSA) is 46.1 Å². The van der Waals surface area contributed by atoms with Gasteiger partial charge in [-0.15, -0.1) is 0 Å². The van der Waals surface area contributed by atoms with Crippen molar-refractivity contribution in [3.63, 3.8) is 0 Å². The third-order valence-corrected chi connectivity index (χ3v) is 5.30. The van der Waals surface area contributed by atoms with Gasteiger partial charge in [-0.05, 0) is 39.0 Å². The molecule has 0 aromatic carbocycles. The van der Waals surface area contributed by atoms with Crippen molar-refractivity contribution in [3.8, 4) is 0 Å². The van der Waals surface area contributed by atoms with Crippen molar-refractivity contribution in [2.24, 2.45) is 4.99 Å². The molecule has 1 saturated heterocycles. The molecule has 1 aliphatic carbocycles. The van der Waals surface area contributed by atoms with Gasteiger partial charge < -0.3 is 19.7 Å². The molecule has 1 heterocycles. The first-order valence-corrected chi connectivity index (χ1v) is 9.94. The average Bonchev–Trinajstić information content (AvgIpc) is 2.63. The van der Waals surface area contributed by atoms with E-state index in [0.717, 1.165) is 58.1 Å². The fourth-order valence-corrected chi connectivity index (χ4v) is 3.93. The minimum atomic E-state index is 0.00778. The van der Waals surface area contributed by atoms with Crippen molar-refractivity contribution in [2.45, 2.75) is 76.9 Å². The van der Waals surface area contributed by atoms with E-state index < -0.39 is 0 Å². The highest BCUT2D eigenvalue weighted by Gasteiger charge is 2.33. The molecule has 0 unspecified atom stereocenters. The van der Waals surface area contributed by atoms with Crippen LogP contribution in [0.4, 0.5) is 0 Å². The van der Waals surface area contributed by atoms with E-state index in [2.05, 4.69) is 29.1 Å². The lowest BCUT2D eigenvalue weighted by atomic mass is 9.84. The highest BCUT2D eigenvalue weighted by molar-refractivity contribution is 5.80. The second kappa shape index (κ2) is 10.2. The second-order valence-corrected chi connectivity index (χ2v) is 7.13. The number of ether oxygens (including phenoxy) is 2. The standard InChI is InChI=1S/C19H37N3O2/c1-4-15-24-19(11-7-6-8-12-19)16-21-18(20-3)22-13-9-17(10-14-22)23-5-2/h17H,4-16H2,1-3H3,(H,20,21). The molecule has 0 aromatic heterocycles. The monoisotopic (exact) mass is 339 g/mol. The van der Waals surface area contributed by atoms with Crippen LogP contribution in [0.25, 0.3) is 0 Å². The van der Waals surface area contributed by atoms with E-state index in [1.54, 1.807) is 0 Å². The summed E-state index contributed by atoms with van der Waals surface area (Å²) in [6.07, 6.45) is 9.93. The third kappa shape index (κ3) is 5.62. The lowest BCUT2D eigenvalue weighted by Crippen LogP contribution is -2.52. The van der Waals surface area contributed by atoms with E-state index in [1.807, 2.05) is 7.05 Å². The highest BCUT2D eigenvalue weighted by atomic mass is 16.5. The van der Waals surface area contributed by atoms with Gasteiger partial charge in [-0.25, -0.2) is 0 Å². The largest absolute Gasteiger partial charge is 0.378 e. The molecule has 1 aliphatic heterocycles. The zero-order valence-electron chi connectivity index (χ0n) is 16.0. The molecular weight excluding hydrogens is 302 g/mol. The predicted molar refractivity (Wildman–Crippen MR) is 99.6 cm³/mol. The smallest absolute Gasteiger partial charge is 0.193 e. The van der Waals surface area contributed by atoms with E-state index >= 15 is 0 Å². The van der Waals surface area contributed by atoms with Gasteiger partial charge in [0, 0.05) is 39.9 Å². The number of aliphatic imine (C=N–C) groups is 1. The summed E-state index contributed by atoms with van der Waals surface area (Å²) in [5, 5.41) is 3.62. The zero-order valence-corrected chi connectivity index (χ0v) is 16.0. The van der Waals surface area contributed by atoms with E-state index in [9.17, 15) is 0 Å². The average molecular weight is 340 g/mol. The van der Waals surface area contributed by atoms with Crippen molar-refractivity contribution in [1.29, 1.82) is 0 Å². The second-order valence-electron chi connectivity index (χ2n) is 7.13. The number of guanidine groups is 1. The van der Waals surface area contributed by atoms with Gasteiger partial charge in [-0.1, -0.05) is 26.2 Å². The molecule has 2 aliphatic rings. The van der Waals surface area contributed by atoms with Gasteiger partial charge in [0.05, 0.1) is 11.7 Å². The van der Waals surface area contributed by atoms with Gasteiger partial charge in [0.15, 0.2) is 5.96 Å². The minimum absolute atomic E-state index is 0.00778. The molecule has 140 valence electrons. The summed E-state index contributed by atoms with van der Waals surface area (Å²) in [6.45, 7) is 8.86. The lowest BCUT2D eigenvalue weighted by molar-refractivity contribution is -0.0661. The SMILES string of the molecule is CCCOC1(CNC(=NC)N2CCC(OCC)CC2)CCCCC1. The highest BCUT2D eigenvalue weighted by Crippen LogP contribution is 2.31. The van der Waals surface area contributed by atoms with E-state index in [1.165, 1.54) is 32.1 Å². The summed E-state index contributed by atoms with van der Waals surface area (Å²) in [5.74, 6) is 1.02. The summed E-state index contributed by atoms with van der Waals surface area (Å²) in [4.78, 5) is 6.88. The molecule has 1 N–H and O–H groups in total. The minimum Gasteiger partial charge on any atom is -0.378 e. The maximum Gasteiger partial charge on any atom is 0.193 e. The molecule has 0 spiro atoms. The number of hydrogen-bond donors (Lipinski definition) is 1. The number of nitrogens with zero attached hydrogens (tertiary/aromatic N) is 2. The predicted octanol–water partition coefficient (Wildman–Crippen LogP) is 3.19.